The van der Waals surface area contributed by atoms with Gasteiger partial charge in [0.1, 0.15) is 5.84 Å². The number of nitrogens with zero attached hydrogens (tertiary/aromatic N) is 2. The van der Waals surface area contributed by atoms with Crippen molar-refractivity contribution in [3.05, 3.63) is 95.6 Å². The van der Waals surface area contributed by atoms with E-state index in [1.54, 1.807) is 24.3 Å². The number of hydrogen-bond acceptors (Lipinski definition) is 2. The molecule has 0 amide bonds. The molecule has 1 fully saturated rings. The minimum Gasteiger partial charge on any atom is -0.331 e. The van der Waals surface area contributed by atoms with Crippen molar-refractivity contribution in [2.45, 2.75) is 29.6 Å². The Labute approximate surface area is 171 Å². The van der Waals surface area contributed by atoms with Crippen molar-refractivity contribution < 1.29 is 8.42 Å². The number of aryl methyl sites for hydroxylation is 1. The number of anilines is 1. The summed E-state index contributed by atoms with van der Waals surface area (Å²) in [6, 6.07) is 25.3. The highest BCUT2D eigenvalue weighted by molar-refractivity contribution is 7.90. The summed E-state index contributed by atoms with van der Waals surface area (Å²) in [4.78, 5) is 2.18. The molecule has 2 atom stereocenters. The number of benzene rings is 3. The van der Waals surface area contributed by atoms with Crippen molar-refractivity contribution in [1.29, 1.82) is 0 Å². The lowest BCUT2D eigenvalue weighted by Gasteiger charge is -2.17. The molecule has 1 aliphatic heterocycles. The van der Waals surface area contributed by atoms with Crippen LogP contribution in [0.1, 0.15) is 29.0 Å². The SMILES string of the molecule is Cc1ccc(S(=O)(=O)/N=C2/N(C)c3ccccc3[C@]23C[C@H]3c2ccccc2)cc1. The van der Waals surface area contributed by atoms with E-state index in [4.69, 9.17) is 0 Å². The summed E-state index contributed by atoms with van der Waals surface area (Å²) in [6.07, 6.45) is 0.862. The number of para-hydroxylation sites is 1. The van der Waals surface area contributed by atoms with Crippen LogP contribution in [0.4, 0.5) is 5.69 Å². The summed E-state index contributed by atoms with van der Waals surface area (Å²) in [6.45, 7) is 1.94. The van der Waals surface area contributed by atoms with Gasteiger partial charge in [0.15, 0.2) is 0 Å². The van der Waals surface area contributed by atoms with Crippen LogP contribution >= 0.6 is 0 Å². The van der Waals surface area contributed by atoms with Crippen molar-refractivity contribution in [3.8, 4) is 0 Å². The van der Waals surface area contributed by atoms with E-state index < -0.39 is 10.0 Å². The molecule has 2 aliphatic rings. The molecule has 1 aliphatic carbocycles. The third-order valence-electron chi connectivity index (χ3n) is 6.15. The van der Waals surface area contributed by atoms with Crippen molar-refractivity contribution in [3.63, 3.8) is 0 Å². The van der Waals surface area contributed by atoms with Gasteiger partial charge < -0.3 is 4.90 Å². The Bertz CT molecular complexity index is 1220. The highest BCUT2D eigenvalue weighted by atomic mass is 32.2. The van der Waals surface area contributed by atoms with E-state index in [0.29, 0.717) is 5.84 Å². The first-order valence-corrected chi connectivity index (χ1v) is 11.2. The lowest BCUT2D eigenvalue weighted by molar-refractivity contribution is 0.597. The quantitative estimate of drug-likeness (QED) is 0.640. The summed E-state index contributed by atoms with van der Waals surface area (Å²) in [5, 5.41) is 0. The maximum absolute atomic E-state index is 13.1. The Morgan fingerprint density at radius 3 is 2.31 bits per heavy atom. The van der Waals surface area contributed by atoms with Crippen molar-refractivity contribution in [2.75, 3.05) is 11.9 Å². The second kappa shape index (κ2) is 6.29. The van der Waals surface area contributed by atoms with Gasteiger partial charge >= 0.3 is 0 Å². The Morgan fingerprint density at radius 1 is 0.931 bits per heavy atom. The lowest BCUT2D eigenvalue weighted by atomic mass is 9.92. The highest BCUT2D eigenvalue weighted by Gasteiger charge is 2.65. The predicted octanol–water partition coefficient (Wildman–Crippen LogP) is 4.66. The zero-order valence-electron chi connectivity index (χ0n) is 16.4. The van der Waals surface area contributed by atoms with Gasteiger partial charge in [0.25, 0.3) is 10.0 Å². The second-order valence-electron chi connectivity index (χ2n) is 7.92. The van der Waals surface area contributed by atoms with E-state index in [1.165, 1.54) is 5.56 Å². The number of fused-ring (bicyclic) bond motifs is 2. The molecule has 0 bridgehead atoms. The minimum absolute atomic E-state index is 0.224. The third kappa shape index (κ3) is 2.72. The van der Waals surface area contributed by atoms with E-state index in [9.17, 15) is 8.42 Å². The Balaban J connectivity index is 1.66. The molecule has 5 heteroatoms. The van der Waals surface area contributed by atoms with Gasteiger partial charge in [0.05, 0.1) is 10.3 Å². The molecule has 0 saturated heterocycles. The minimum atomic E-state index is -3.80. The highest BCUT2D eigenvalue weighted by Crippen LogP contribution is 2.66. The average Bonchev–Trinajstić information content (AvgIpc) is 3.44. The number of rotatable bonds is 3. The Hall–Kier alpha value is -2.92. The molecular weight excluding hydrogens is 380 g/mol. The first-order chi connectivity index (χ1) is 13.9. The fourth-order valence-corrected chi connectivity index (χ4v) is 5.69. The standard InChI is InChI=1S/C24H22N2O2S/c1-17-12-14-19(15-13-17)29(27,28)25-23-24(16-21(24)18-8-4-3-5-9-18)20-10-6-7-11-22(20)26(23)2/h3-15,21H,16H2,1-2H3/b25-23+/t21-,24-/m0/s1. The summed E-state index contributed by atoms with van der Waals surface area (Å²) >= 11 is 0. The summed E-state index contributed by atoms with van der Waals surface area (Å²) < 4.78 is 30.7. The first-order valence-electron chi connectivity index (χ1n) is 9.74. The van der Waals surface area contributed by atoms with Crippen LogP contribution in [0.3, 0.4) is 0 Å². The molecule has 1 saturated carbocycles. The van der Waals surface area contributed by atoms with Crippen LogP contribution < -0.4 is 4.90 Å². The van der Waals surface area contributed by atoms with Gasteiger partial charge in [0.2, 0.25) is 0 Å². The van der Waals surface area contributed by atoms with E-state index in [0.717, 1.165) is 23.2 Å². The molecule has 1 spiro atoms. The molecule has 1 heterocycles. The maximum atomic E-state index is 13.1. The van der Waals surface area contributed by atoms with Gasteiger partial charge in [-0.15, -0.1) is 4.40 Å². The molecule has 146 valence electrons. The average molecular weight is 403 g/mol. The van der Waals surface area contributed by atoms with Crippen LogP contribution in [-0.2, 0) is 15.4 Å². The molecular formula is C24H22N2O2S. The Morgan fingerprint density at radius 2 is 1.59 bits per heavy atom. The fraction of sp³-hybridized carbons (Fsp3) is 0.208. The van der Waals surface area contributed by atoms with Gasteiger partial charge in [-0.3, -0.25) is 0 Å². The van der Waals surface area contributed by atoms with Crippen LogP contribution in [0, 0.1) is 6.92 Å². The van der Waals surface area contributed by atoms with Gasteiger partial charge in [0, 0.05) is 18.7 Å². The number of amidine groups is 1. The normalized spacial score (nSPS) is 24.1. The molecule has 5 rings (SSSR count). The number of likely N-dealkylation sites (N-methyl/N-ethyl adjacent to an activating group) is 1. The van der Waals surface area contributed by atoms with Gasteiger partial charge in [-0.2, -0.15) is 8.42 Å². The van der Waals surface area contributed by atoms with E-state index >= 15 is 0 Å². The number of sulfonamides is 1. The van der Waals surface area contributed by atoms with Gasteiger partial charge in [-0.05, 0) is 42.7 Å². The topological polar surface area (TPSA) is 49.7 Å². The summed E-state index contributed by atoms with van der Waals surface area (Å²) in [5.74, 6) is 0.842. The third-order valence-corrected chi connectivity index (χ3v) is 7.43. The zero-order valence-corrected chi connectivity index (χ0v) is 17.2. The van der Waals surface area contributed by atoms with E-state index in [2.05, 4.69) is 22.6 Å². The first kappa shape index (κ1) is 18.1. The largest absolute Gasteiger partial charge is 0.331 e. The van der Waals surface area contributed by atoms with Gasteiger partial charge in [-0.25, -0.2) is 0 Å². The second-order valence-corrected chi connectivity index (χ2v) is 9.52. The number of hydrogen-bond donors (Lipinski definition) is 0. The molecule has 0 aromatic heterocycles. The van der Waals surface area contributed by atoms with Crippen LogP contribution in [0.25, 0.3) is 0 Å². The summed E-state index contributed by atoms with van der Waals surface area (Å²) in [7, 11) is -1.89. The van der Waals surface area contributed by atoms with Crippen molar-refractivity contribution in [2.24, 2.45) is 4.40 Å². The molecule has 4 nitrogen and oxygen atoms in total. The van der Waals surface area contributed by atoms with E-state index in [1.807, 2.05) is 55.3 Å². The van der Waals surface area contributed by atoms with Crippen LogP contribution in [0.2, 0.25) is 0 Å². The van der Waals surface area contributed by atoms with Crippen LogP contribution in [-0.4, -0.2) is 21.3 Å². The molecule has 3 aromatic carbocycles. The Kier molecular flexibility index (Phi) is 3.93. The van der Waals surface area contributed by atoms with Crippen LogP contribution in [0.15, 0.2) is 88.2 Å². The lowest BCUT2D eigenvalue weighted by Crippen LogP contribution is -2.31. The maximum Gasteiger partial charge on any atom is 0.283 e. The van der Waals surface area contributed by atoms with Crippen molar-refractivity contribution in [1.82, 2.24) is 0 Å². The fourth-order valence-electron chi connectivity index (χ4n) is 4.59. The van der Waals surface area contributed by atoms with Crippen LogP contribution in [0.5, 0.6) is 0 Å². The molecule has 0 unspecified atom stereocenters. The van der Waals surface area contributed by atoms with Crippen molar-refractivity contribution >= 4 is 21.5 Å². The van der Waals surface area contributed by atoms with E-state index in [-0.39, 0.29) is 16.2 Å². The monoisotopic (exact) mass is 402 g/mol. The zero-order chi connectivity index (χ0) is 20.2. The summed E-state index contributed by atoms with van der Waals surface area (Å²) in [5.41, 5.74) is 4.05. The molecule has 3 aromatic rings. The van der Waals surface area contributed by atoms with Gasteiger partial charge in [-0.1, -0.05) is 66.2 Å². The smallest absolute Gasteiger partial charge is 0.283 e. The molecule has 0 radical (unpaired) electrons. The predicted molar refractivity (Wildman–Crippen MR) is 116 cm³/mol. The molecule has 29 heavy (non-hydrogen) atoms. The molecule has 0 N–H and O–H groups in total.